The first-order valence-electron chi connectivity index (χ1n) is 5.09. The van der Waals surface area contributed by atoms with Crippen LogP contribution in [0, 0.1) is 6.92 Å². The normalized spacial score (nSPS) is 20.9. The Hall–Kier alpha value is -1.29. The monoisotopic (exact) mass is 209 g/mol. The molecule has 1 aromatic rings. The number of aryl methyl sites for hydroxylation is 1. The average Bonchev–Trinajstić information content (AvgIpc) is 2.84. The molecule has 0 saturated carbocycles. The molecule has 0 N–H and O–H groups in total. The van der Waals surface area contributed by atoms with Crippen molar-refractivity contribution in [2.75, 3.05) is 20.2 Å². The van der Waals surface area contributed by atoms with E-state index in [2.05, 4.69) is 0 Å². The molecule has 1 aromatic heterocycles. The van der Waals surface area contributed by atoms with E-state index in [1.807, 2.05) is 6.92 Å². The van der Waals surface area contributed by atoms with Crippen molar-refractivity contribution in [3.63, 3.8) is 0 Å². The van der Waals surface area contributed by atoms with E-state index in [4.69, 9.17) is 9.15 Å². The fourth-order valence-corrected chi connectivity index (χ4v) is 1.81. The van der Waals surface area contributed by atoms with Crippen LogP contribution in [-0.2, 0) is 4.74 Å². The van der Waals surface area contributed by atoms with Crippen molar-refractivity contribution in [2.45, 2.75) is 19.4 Å². The first kappa shape index (κ1) is 10.2. The molecule has 0 bridgehead atoms. The van der Waals surface area contributed by atoms with Crippen LogP contribution in [0.15, 0.2) is 16.5 Å². The van der Waals surface area contributed by atoms with Crippen LogP contribution in [0.25, 0.3) is 0 Å². The summed E-state index contributed by atoms with van der Waals surface area (Å²) in [6.45, 7) is 3.24. The molecule has 1 amide bonds. The third-order valence-corrected chi connectivity index (χ3v) is 2.72. The van der Waals surface area contributed by atoms with Gasteiger partial charge in [0.25, 0.3) is 5.91 Å². The number of nitrogens with zero attached hydrogens (tertiary/aromatic N) is 1. The average molecular weight is 209 g/mol. The molecule has 1 aliphatic rings. The second kappa shape index (κ2) is 4.06. The number of hydrogen-bond acceptors (Lipinski definition) is 3. The molecule has 0 aromatic carbocycles. The number of likely N-dealkylation sites (tertiary alicyclic amines) is 1. The van der Waals surface area contributed by atoms with Gasteiger partial charge in [0.2, 0.25) is 0 Å². The van der Waals surface area contributed by atoms with Crippen LogP contribution in [0.1, 0.15) is 22.7 Å². The Labute approximate surface area is 88.8 Å². The van der Waals surface area contributed by atoms with Gasteiger partial charge in [-0.15, -0.1) is 0 Å². The van der Waals surface area contributed by atoms with Gasteiger partial charge in [-0.1, -0.05) is 0 Å². The molecule has 0 aliphatic carbocycles. The highest BCUT2D eigenvalue weighted by atomic mass is 16.5. The van der Waals surface area contributed by atoms with E-state index in [0.717, 1.165) is 18.7 Å². The van der Waals surface area contributed by atoms with Crippen molar-refractivity contribution in [1.29, 1.82) is 0 Å². The maximum Gasteiger partial charge on any atom is 0.289 e. The summed E-state index contributed by atoms with van der Waals surface area (Å²) in [5.41, 5.74) is 0. The van der Waals surface area contributed by atoms with Gasteiger partial charge in [-0.2, -0.15) is 0 Å². The molecule has 4 nitrogen and oxygen atoms in total. The van der Waals surface area contributed by atoms with E-state index in [0.29, 0.717) is 12.3 Å². The zero-order chi connectivity index (χ0) is 10.8. The number of ether oxygens (including phenoxy) is 1. The van der Waals surface area contributed by atoms with Gasteiger partial charge < -0.3 is 14.1 Å². The Kier molecular flexibility index (Phi) is 2.77. The Morgan fingerprint density at radius 3 is 2.93 bits per heavy atom. The molecule has 1 aliphatic heterocycles. The van der Waals surface area contributed by atoms with E-state index in [9.17, 15) is 4.79 Å². The third-order valence-electron chi connectivity index (χ3n) is 2.72. The van der Waals surface area contributed by atoms with E-state index in [1.165, 1.54) is 0 Å². The molecule has 0 radical (unpaired) electrons. The number of hydrogen-bond donors (Lipinski definition) is 0. The summed E-state index contributed by atoms with van der Waals surface area (Å²) in [4.78, 5) is 13.7. The Balaban J connectivity index is 2.03. The van der Waals surface area contributed by atoms with Crippen molar-refractivity contribution < 1.29 is 13.9 Å². The van der Waals surface area contributed by atoms with Crippen molar-refractivity contribution in [2.24, 2.45) is 0 Å². The minimum Gasteiger partial charge on any atom is -0.456 e. The molecule has 1 unspecified atom stereocenters. The van der Waals surface area contributed by atoms with Gasteiger partial charge in [-0.05, 0) is 25.5 Å². The number of carbonyl (C=O) groups is 1. The van der Waals surface area contributed by atoms with Gasteiger partial charge in [-0.25, -0.2) is 0 Å². The Morgan fingerprint density at radius 2 is 2.40 bits per heavy atom. The maximum atomic E-state index is 11.9. The van der Waals surface area contributed by atoms with Crippen LogP contribution in [0.4, 0.5) is 0 Å². The van der Waals surface area contributed by atoms with Crippen LogP contribution < -0.4 is 0 Å². The lowest BCUT2D eigenvalue weighted by molar-refractivity contribution is 0.0694. The predicted molar refractivity (Wildman–Crippen MR) is 54.8 cm³/mol. The molecule has 2 heterocycles. The predicted octanol–water partition coefficient (Wildman–Crippen LogP) is 1.45. The summed E-state index contributed by atoms with van der Waals surface area (Å²) in [5, 5.41) is 0. The minimum atomic E-state index is -0.0392. The van der Waals surface area contributed by atoms with Crippen molar-refractivity contribution in [3.8, 4) is 0 Å². The summed E-state index contributed by atoms with van der Waals surface area (Å²) in [6, 6.07) is 3.52. The van der Waals surface area contributed by atoms with Crippen LogP contribution in [-0.4, -0.2) is 37.1 Å². The van der Waals surface area contributed by atoms with Gasteiger partial charge in [0, 0.05) is 20.2 Å². The highest BCUT2D eigenvalue weighted by molar-refractivity contribution is 5.91. The highest BCUT2D eigenvalue weighted by Crippen LogP contribution is 2.16. The summed E-state index contributed by atoms with van der Waals surface area (Å²) in [6.07, 6.45) is 1.08. The lowest BCUT2D eigenvalue weighted by atomic mass is 10.3. The Bertz CT molecular complexity index is 358. The van der Waals surface area contributed by atoms with Gasteiger partial charge in [-0.3, -0.25) is 4.79 Å². The third kappa shape index (κ3) is 2.04. The van der Waals surface area contributed by atoms with E-state index in [-0.39, 0.29) is 12.0 Å². The molecule has 1 atom stereocenters. The lowest BCUT2D eigenvalue weighted by Crippen LogP contribution is -2.29. The number of carbonyl (C=O) groups excluding carboxylic acids is 1. The first-order chi connectivity index (χ1) is 7.20. The molecule has 1 saturated heterocycles. The van der Waals surface area contributed by atoms with Gasteiger partial charge in [0.05, 0.1) is 6.10 Å². The quantitative estimate of drug-likeness (QED) is 0.740. The van der Waals surface area contributed by atoms with Crippen LogP contribution in [0.3, 0.4) is 0 Å². The topological polar surface area (TPSA) is 42.7 Å². The zero-order valence-electron chi connectivity index (χ0n) is 9.03. The van der Waals surface area contributed by atoms with E-state index >= 15 is 0 Å². The van der Waals surface area contributed by atoms with Crippen LogP contribution in [0.2, 0.25) is 0 Å². The number of methoxy groups -OCH3 is 1. The maximum absolute atomic E-state index is 11.9. The van der Waals surface area contributed by atoms with Crippen LogP contribution >= 0.6 is 0 Å². The molecule has 82 valence electrons. The fraction of sp³-hybridized carbons (Fsp3) is 0.545. The zero-order valence-corrected chi connectivity index (χ0v) is 9.03. The fourth-order valence-electron chi connectivity index (χ4n) is 1.81. The van der Waals surface area contributed by atoms with Crippen molar-refractivity contribution in [1.82, 2.24) is 4.90 Å². The molecule has 1 fully saturated rings. The van der Waals surface area contributed by atoms with E-state index < -0.39 is 0 Å². The molecule has 4 heteroatoms. The summed E-state index contributed by atoms with van der Waals surface area (Å²) in [5.74, 6) is 1.15. The van der Waals surface area contributed by atoms with Crippen molar-refractivity contribution >= 4 is 5.91 Å². The SMILES string of the molecule is COC1CCN(C(=O)c2ccc(C)o2)C1. The van der Waals surface area contributed by atoms with Gasteiger partial charge in [0.1, 0.15) is 5.76 Å². The highest BCUT2D eigenvalue weighted by Gasteiger charge is 2.28. The summed E-state index contributed by atoms with van der Waals surface area (Å²) in [7, 11) is 1.68. The van der Waals surface area contributed by atoms with Gasteiger partial charge >= 0.3 is 0 Å². The minimum absolute atomic E-state index is 0.0392. The van der Waals surface area contributed by atoms with Crippen molar-refractivity contribution in [3.05, 3.63) is 23.7 Å². The standard InChI is InChI=1S/C11H15NO3/c1-8-3-4-10(15-8)11(13)12-6-5-9(7-12)14-2/h3-4,9H,5-7H2,1-2H3. The molecular formula is C11H15NO3. The van der Waals surface area contributed by atoms with Gasteiger partial charge in [0.15, 0.2) is 5.76 Å². The van der Waals surface area contributed by atoms with E-state index in [1.54, 1.807) is 24.1 Å². The number of amides is 1. The second-order valence-electron chi connectivity index (χ2n) is 3.81. The lowest BCUT2D eigenvalue weighted by Gasteiger charge is -2.14. The number of rotatable bonds is 2. The van der Waals surface area contributed by atoms with Crippen LogP contribution in [0.5, 0.6) is 0 Å². The molecule has 2 rings (SSSR count). The largest absolute Gasteiger partial charge is 0.456 e. The smallest absolute Gasteiger partial charge is 0.289 e. The summed E-state index contributed by atoms with van der Waals surface area (Å²) >= 11 is 0. The number of furan rings is 1. The molecule has 15 heavy (non-hydrogen) atoms. The molecular weight excluding hydrogens is 194 g/mol. The Morgan fingerprint density at radius 1 is 1.60 bits per heavy atom. The first-order valence-corrected chi connectivity index (χ1v) is 5.09. The summed E-state index contributed by atoms with van der Waals surface area (Å²) < 4.78 is 10.5. The molecule has 0 spiro atoms. The second-order valence-corrected chi connectivity index (χ2v) is 3.81.